The van der Waals surface area contributed by atoms with Gasteiger partial charge < -0.3 is 10.4 Å². The smallest absolute Gasteiger partial charge is 0.326 e. The van der Waals surface area contributed by atoms with Gasteiger partial charge in [0, 0.05) is 6.20 Å². The largest absolute Gasteiger partial charge is 0.480 e. The number of carboxylic acid groups (broad SMARTS) is 1. The maximum Gasteiger partial charge on any atom is 0.326 e. The first-order chi connectivity index (χ1) is 8.38. The van der Waals surface area contributed by atoms with Gasteiger partial charge in [-0.3, -0.25) is 9.48 Å². The molecule has 0 aliphatic heterocycles. The van der Waals surface area contributed by atoms with Crippen LogP contribution >= 0.6 is 15.9 Å². The predicted molar refractivity (Wildman–Crippen MR) is 68.9 cm³/mol. The molecule has 0 saturated carbocycles. The van der Waals surface area contributed by atoms with E-state index in [1.807, 2.05) is 13.8 Å². The van der Waals surface area contributed by atoms with Crippen molar-refractivity contribution in [1.82, 2.24) is 15.1 Å². The zero-order chi connectivity index (χ0) is 13.7. The molecule has 7 heteroatoms. The van der Waals surface area contributed by atoms with Crippen molar-refractivity contribution in [3.8, 4) is 0 Å². The van der Waals surface area contributed by atoms with Crippen molar-refractivity contribution in [2.24, 2.45) is 5.92 Å². The Morgan fingerprint density at radius 3 is 2.67 bits per heavy atom. The highest BCUT2D eigenvalue weighted by molar-refractivity contribution is 9.10. The first-order valence-corrected chi connectivity index (χ1v) is 6.38. The minimum absolute atomic E-state index is 0.00742. The molecule has 0 unspecified atom stereocenters. The van der Waals surface area contributed by atoms with Crippen LogP contribution in [-0.4, -0.2) is 32.8 Å². The fourth-order valence-electron chi connectivity index (χ4n) is 1.50. The third-order valence-corrected chi connectivity index (χ3v) is 2.66. The van der Waals surface area contributed by atoms with Crippen LogP contribution in [0.15, 0.2) is 16.9 Å². The van der Waals surface area contributed by atoms with Gasteiger partial charge in [0.15, 0.2) is 0 Å². The van der Waals surface area contributed by atoms with Gasteiger partial charge in [-0.05, 0) is 28.3 Å². The quantitative estimate of drug-likeness (QED) is 0.827. The normalized spacial score (nSPS) is 12.4. The molecule has 100 valence electrons. The van der Waals surface area contributed by atoms with E-state index >= 15 is 0 Å². The van der Waals surface area contributed by atoms with Gasteiger partial charge in [-0.2, -0.15) is 5.10 Å². The Kier molecular flexibility index (Phi) is 5.33. The second-order valence-electron chi connectivity index (χ2n) is 4.44. The van der Waals surface area contributed by atoms with Crippen LogP contribution < -0.4 is 5.32 Å². The van der Waals surface area contributed by atoms with Crippen molar-refractivity contribution >= 4 is 27.8 Å². The highest BCUT2D eigenvalue weighted by atomic mass is 79.9. The van der Waals surface area contributed by atoms with Crippen molar-refractivity contribution < 1.29 is 14.7 Å². The minimum Gasteiger partial charge on any atom is -0.480 e. The summed E-state index contributed by atoms with van der Waals surface area (Å²) in [4.78, 5) is 22.6. The van der Waals surface area contributed by atoms with Crippen molar-refractivity contribution in [3.05, 3.63) is 16.9 Å². The average molecular weight is 318 g/mol. The molecule has 0 aliphatic rings. The Balaban J connectivity index is 2.53. The van der Waals surface area contributed by atoms with E-state index in [-0.39, 0.29) is 18.4 Å². The summed E-state index contributed by atoms with van der Waals surface area (Å²) in [6.45, 7) is 3.83. The molecule has 1 aromatic rings. The second-order valence-corrected chi connectivity index (χ2v) is 5.36. The lowest BCUT2D eigenvalue weighted by Gasteiger charge is -2.16. The van der Waals surface area contributed by atoms with Gasteiger partial charge >= 0.3 is 5.97 Å². The summed E-state index contributed by atoms with van der Waals surface area (Å²) in [5.74, 6) is -1.18. The van der Waals surface area contributed by atoms with E-state index in [2.05, 4.69) is 26.3 Å². The molecule has 6 nitrogen and oxygen atoms in total. The van der Waals surface area contributed by atoms with E-state index in [1.165, 1.54) is 4.68 Å². The summed E-state index contributed by atoms with van der Waals surface area (Å²) in [6, 6.07) is -0.850. The van der Waals surface area contributed by atoms with Crippen LogP contribution in [0.3, 0.4) is 0 Å². The van der Waals surface area contributed by atoms with Crippen molar-refractivity contribution in [2.75, 3.05) is 0 Å². The molecule has 1 aromatic heterocycles. The van der Waals surface area contributed by atoms with Crippen LogP contribution in [0, 0.1) is 5.92 Å². The lowest BCUT2D eigenvalue weighted by molar-refractivity contribution is -0.142. The molecule has 18 heavy (non-hydrogen) atoms. The summed E-state index contributed by atoms with van der Waals surface area (Å²) in [7, 11) is 0. The highest BCUT2D eigenvalue weighted by Gasteiger charge is 2.21. The Morgan fingerprint density at radius 1 is 1.56 bits per heavy atom. The summed E-state index contributed by atoms with van der Waals surface area (Å²) >= 11 is 3.22. The van der Waals surface area contributed by atoms with Gasteiger partial charge in [-0.25, -0.2) is 4.79 Å². The first kappa shape index (κ1) is 14.7. The monoisotopic (exact) mass is 317 g/mol. The van der Waals surface area contributed by atoms with E-state index < -0.39 is 12.0 Å². The molecule has 1 atom stereocenters. The molecule has 0 bridgehead atoms. The van der Waals surface area contributed by atoms with Gasteiger partial charge in [-0.15, -0.1) is 0 Å². The molecular weight excluding hydrogens is 302 g/mol. The number of hydrogen-bond donors (Lipinski definition) is 2. The Hall–Kier alpha value is -1.37. The third kappa shape index (κ3) is 4.87. The second kappa shape index (κ2) is 6.53. The number of nitrogens with zero attached hydrogens (tertiary/aromatic N) is 2. The number of nitrogens with one attached hydrogen (secondary N) is 1. The molecule has 0 aromatic carbocycles. The highest BCUT2D eigenvalue weighted by Crippen LogP contribution is 2.07. The first-order valence-electron chi connectivity index (χ1n) is 5.58. The van der Waals surface area contributed by atoms with Crippen molar-refractivity contribution in [2.45, 2.75) is 32.9 Å². The van der Waals surface area contributed by atoms with Gasteiger partial charge in [-0.1, -0.05) is 13.8 Å². The molecule has 0 saturated heterocycles. The summed E-state index contributed by atoms with van der Waals surface area (Å²) in [5.41, 5.74) is 0. The van der Waals surface area contributed by atoms with Crippen LogP contribution in [0.1, 0.15) is 20.3 Å². The molecule has 0 aliphatic carbocycles. The van der Waals surface area contributed by atoms with Crippen LogP contribution in [0.2, 0.25) is 0 Å². The van der Waals surface area contributed by atoms with E-state index in [0.717, 1.165) is 4.47 Å². The number of hydrogen-bond acceptors (Lipinski definition) is 3. The summed E-state index contributed by atoms with van der Waals surface area (Å²) < 4.78 is 2.21. The van der Waals surface area contributed by atoms with Crippen LogP contribution in [-0.2, 0) is 16.1 Å². The van der Waals surface area contributed by atoms with Crippen molar-refractivity contribution in [3.63, 3.8) is 0 Å². The van der Waals surface area contributed by atoms with E-state index in [9.17, 15) is 9.59 Å². The Morgan fingerprint density at radius 2 is 2.22 bits per heavy atom. The lowest BCUT2D eigenvalue weighted by Crippen LogP contribution is -2.43. The fourth-order valence-corrected chi connectivity index (χ4v) is 1.83. The zero-order valence-electron chi connectivity index (χ0n) is 10.3. The minimum atomic E-state index is -1.02. The fraction of sp³-hybridized carbons (Fsp3) is 0.545. The molecular formula is C11H16BrN3O3. The Labute approximate surface area is 113 Å². The predicted octanol–water partition coefficient (Wildman–Crippen LogP) is 1.26. The standard InChI is InChI=1S/C11H16BrN3O3/c1-7(2)3-9(11(17)18)14-10(16)6-15-5-8(12)4-13-15/h4-5,7,9H,3,6H2,1-2H3,(H,14,16)(H,17,18)/t9-/m0/s1. The molecule has 1 heterocycles. The van der Waals surface area contributed by atoms with Gasteiger partial charge in [0.1, 0.15) is 12.6 Å². The zero-order valence-corrected chi connectivity index (χ0v) is 11.8. The molecule has 1 amide bonds. The van der Waals surface area contributed by atoms with Gasteiger partial charge in [0.2, 0.25) is 5.91 Å². The molecule has 0 radical (unpaired) electrons. The number of amides is 1. The van der Waals surface area contributed by atoms with E-state index in [1.54, 1.807) is 12.4 Å². The summed E-state index contributed by atoms with van der Waals surface area (Å²) in [6.07, 6.45) is 3.62. The van der Waals surface area contributed by atoms with E-state index in [0.29, 0.717) is 6.42 Å². The number of aliphatic carboxylic acids is 1. The maximum atomic E-state index is 11.7. The molecule has 0 spiro atoms. The summed E-state index contributed by atoms with van der Waals surface area (Å²) in [5, 5.41) is 15.4. The average Bonchev–Trinajstić information content (AvgIpc) is 2.62. The molecule has 2 N–H and O–H groups in total. The van der Waals surface area contributed by atoms with Gasteiger partial charge in [0.05, 0.1) is 10.7 Å². The van der Waals surface area contributed by atoms with E-state index in [4.69, 9.17) is 5.11 Å². The maximum absolute atomic E-state index is 11.7. The SMILES string of the molecule is CC(C)C[C@H](NC(=O)Cn1cc(Br)cn1)C(=O)O. The number of carboxylic acids is 1. The van der Waals surface area contributed by atoms with Crippen molar-refractivity contribution in [1.29, 1.82) is 0 Å². The number of aromatic nitrogens is 2. The van der Waals surface area contributed by atoms with Crippen LogP contribution in [0.5, 0.6) is 0 Å². The number of halogens is 1. The number of carbonyl (C=O) groups is 2. The third-order valence-electron chi connectivity index (χ3n) is 2.25. The van der Waals surface area contributed by atoms with Crippen LogP contribution in [0.25, 0.3) is 0 Å². The van der Waals surface area contributed by atoms with Gasteiger partial charge in [0.25, 0.3) is 0 Å². The topological polar surface area (TPSA) is 84.2 Å². The number of carbonyl (C=O) groups excluding carboxylic acids is 1. The molecule has 1 rings (SSSR count). The Bertz CT molecular complexity index is 431. The van der Waals surface area contributed by atoms with Crippen LogP contribution in [0.4, 0.5) is 0 Å². The number of rotatable bonds is 6. The molecule has 0 fully saturated rings. The lowest BCUT2D eigenvalue weighted by atomic mass is 10.0.